The first-order valence-corrected chi connectivity index (χ1v) is 9.14. The Morgan fingerprint density at radius 3 is 2.35 bits per heavy atom. The summed E-state index contributed by atoms with van der Waals surface area (Å²) in [6.07, 6.45) is 0.922. The summed E-state index contributed by atoms with van der Waals surface area (Å²) in [7, 11) is 1.27. The number of thiophene rings is 1. The molecule has 0 saturated heterocycles. The molecule has 1 N–H and O–H groups in total. The first-order chi connectivity index (χ1) is 12.0. The molecule has 1 aromatic carbocycles. The summed E-state index contributed by atoms with van der Waals surface area (Å²) in [6, 6.07) is 3.98. The van der Waals surface area contributed by atoms with Crippen LogP contribution in [0.15, 0.2) is 17.8 Å². The van der Waals surface area contributed by atoms with Crippen molar-refractivity contribution in [3.05, 3.63) is 39.4 Å². The van der Waals surface area contributed by atoms with Crippen LogP contribution in [0.25, 0.3) is 16.2 Å². The van der Waals surface area contributed by atoms with Crippen LogP contribution in [-0.4, -0.2) is 24.8 Å². The van der Waals surface area contributed by atoms with Crippen LogP contribution in [0.1, 0.15) is 42.3 Å². The van der Waals surface area contributed by atoms with Crippen molar-refractivity contribution in [3.8, 4) is 0 Å². The molecule has 5 nitrogen and oxygen atoms in total. The quantitative estimate of drug-likeness (QED) is 0.614. The van der Waals surface area contributed by atoms with Gasteiger partial charge >= 0.3 is 12.1 Å². The van der Waals surface area contributed by atoms with Crippen LogP contribution in [0.3, 0.4) is 0 Å². The van der Waals surface area contributed by atoms with Crippen LogP contribution in [0.2, 0.25) is 0 Å². The van der Waals surface area contributed by atoms with Gasteiger partial charge in [-0.3, -0.25) is 5.32 Å². The Morgan fingerprint density at radius 1 is 1.12 bits per heavy atom. The maximum atomic E-state index is 12.1. The SMILES string of the molecule is COC(=O)/C(=C/c1ccc2c(C)c(C)sc2c1C)NC(=O)OC(C)(C)C. The summed E-state index contributed by atoms with van der Waals surface area (Å²) in [5, 5.41) is 3.70. The number of nitrogens with one attached hydrogen (secondary N) is 1. The Bertz CT molecular complexity index is 887. The van der Waals surface area contributed by atoms with Gasteiger partial charge in [-0.25, -0.2) is 9.59 Å². The zero-order valence-corrected chi connectivity index (χ0v) is 17.1. The third kappa shape index (κ3) is 4.43. The summed E-state index contributed by atoms with van der Waals surface area (Å²) in [5.41, 5.74) is 2.54. The van der Waals surface area contributed by atoms with Crippen molar-refractivity contribution >= 4 is 39.6 Å². The van der Waals surface area contributed by atoms with E-state index in [1.165, 1.54) is 27.6 Å². The highest BCUT2D eigenvalue weighted by Crippen LogP contribution is 2.34. The number of carbonyl (C=O) groups excluding carboxylic acids is 2. The second kappa shape index (κ2) is 7.50. The minimum Gasteiger partial charge on any atom is -0.464 e. The zero-order valence-electron chi connectivity index (χ0n) is 16.3. The lowest BCUT2D eigenvalue weighted by atomic mass is 10.0. The van der Waals surface area contributed by atoms with E-state index < -0.39 is 17.7 Å². The monoisotopic (exact) mass is 375 g/mol. The molecule has 0 fully saturated rings. The molecule has 26 heavy (non-hydrogen) atoms. The van der Waals surface area contributed by atoms with E-state index in [-0.39, 0.29) is 5.70 Å². The average Bonchev–Trinajstić information content (AvgIpc) is 2.82. The second-order valence-electron chi connectivity index (χ2n) is 7.12. The van der Waals surface area contributed by atoms with Crippen molar-refractivity contribution in [2.45, 2.75) is 47.1 Å². The van der Waals surface area contributed by atoms with Gasteiger partial charge in [-0.2, -0.15) is 0 Å². The van der Waals surface area contributed by atoms with Crippen LogP contribution < -0.4 is 5.32 Å². The molecule has 0 aliphatic heterocycles. The van der Waals surface area contributed by atoms with Gasteiger partial charge in [0.2, 0.25) is 0 Å². The normalized spacial score (nSPS) is 12.2. The second-order valence-corrected chi connectivity index (χ2v) is 8.34. The van der Waals surface area contributed by atoms with E-state index in [1.807, 2.05) is 19.1 Å². The number of rotatable bonds is 3. The van der Waals surface area contributed by atoms with Gasteiger partial charge in [0.05, 0.1) is 7.11 Å². The molecule has 0 radical (unpaired) electrons. The van der Waals surface area contributed by atoms with Gasteiger partial charge < -0.3 is 9.47 Å². The third-order valence-electron chi connectivity index (χ3n) is 3.98. The first-order valence-electron chi connectivity index (χ1n) is 8.33. The third-order valence-corrected chi connectivity index (χ3v) is 5.32. The number of esters is 1. The molecule has 1 aromatic heterocycles. The van der Waals surface area contributed by atoms with E-state index in [1.54, 1.807) is 38.2 Å². The van der Waals surface area contributed by atoms with Crippen molar-refractivity contribution in [2.24, 2.45) is 0 Å². The molecule has 140 valence electrons. The summed E-state index contributed by atoms with van der Waals surface area (Å²) in [4.78, 5) is 25.4. The van der Waals surface area contributed by atoms with Gasteiger partial charge in [0.1, 0.15) is 11.3 Å². The highest BCUT2D eigenvalue weighted by molar-refractivity contribution is 7.19. The number of alkyl carbamates (subject to hydrolysis) is 1. The Morgan fingerprint density at radius 2 is 1.77 bits per heavy atom. The molecule has 0 bridgehead atoms. The van der Waals surface area contributed by atoms with Crippen molar-refractivity contribution in [3.63, 3.8) is 0 Å². The predicted molar refractivity (Wildman–Crippen MR) is 105 cm³/mol. The Kier molecular flexibility index (Phi) is 5.76. The number of aryl methyl sites for hydroxylation is 3. The molecule has 0 saturated carbocycles. The first kappa shape index (κ1) is 20.0. The van der Waals surface area contributed by atoms with Crippen LogP contribution >= 0.6 is 11.3 Å². The lowest BCUT2D eigenvalue weighted by Crippen LogP contribution is -2.34. The van der Waals surface area contributed by atoms with Crippen molar-refractivity contribution in [1.82, 2.24) is 5.32 Å². The summed E-state index contributed by atoms with van der Waals surface area (Å²) in [5.74, 6) is -0.631. The molecular formula is C20H25NO4S. The van der Waals surface area contributed by atoms with Gasteiger partial charge in [0.25, 0.3) is 0 Å². The molecule has 1 heterocycles. The zero-order chi connectivity index (χ0) is 19.6. The molecule has 0 aliphatic rings. The highest BCUT2D eigenvalue weighted by Gasteiger charge is 2.20. The fraction of sp³-hybridized carbons (Fsp3) is 0.400. The molecule has 0 aliphatic carbocycles. The van der Waals surface area contributed by atoms with E-state index in [4.69, 9.17) is 9.47 Å². The molecule has 6 heteroatoms. The highest BCUT2D eigenvalue weighted by atomic mass is 32.1. The molecule has 2 aromatic rings. The maximum Gasteiger partial charge on any atom is 0.412 e. The largest absolute Gasteiger partial charge is 0.464 e. The Labute approximate surface area is 158 Å². The summed E-state index contributed by atoms with van der Waals surface area (Å²) >= 11 is 1.73. The van der Waals surface area contributed by atoms with E-state index in [9.17, 15) is 9.59 Å². The van der Waals surface area contributed by atoms with Gasteiger partial charge in [-0.1, -0.05) is 12.1 Å². The van der Waals surface area contributed by atoms with Crippen molar-refractivity contribution in [2.75, 3.05) is 7.11 Å². The van der Waals surface area contributed by atoms with Gasteiger partial charge in [0.15, 0.2) is 0 Å². The minimum absolute atomic E-state index is 0.0363. The van der Waals surface area contributed by atoms with Crippen LogP contribution in [0.4, 0.5) is 4.79 Å². The Balaban J connectivity index is 2.43. The molecule has 0 atom stereocenters. The van der Waals surface area contributed by atoms with E-state index in [0.717, 1.165) is 11.1 Å². The van der Waals surface area contributed by atoms with Crippen LogP contribution in [0, 0.1) is 20.8 Å². The standard InChI is InChI=1S/C20H25NO4S/c1-11-13(3)26-17-12(2)14(8-9-15(11)17)10-16(18(22)24-7)21-19(23)25-20(4,5)6/h8-10H,1-7H3,(H,21,23)/b16-10-. The predicted octanol–water partition coefficient (Wildman–Crippen LogP) is 4.87. The van der Waals surface area contributed by atoms with E-state index in [0.29, 0.717) is 0 Å². The molecule has 1 amide bonds. The summed E-state index contributed by atoms with van der Waals surface area (Å²) < 4.78 is 11.2. The smallest absolute Gasteiger partial charge is 0.412 e. The van der Waals surface area contributed by atoms with Crippen molar-refractivity contribution < 1.29 is 19.1 Å². The number of ether oxygens (including phenoxy) is 2. The number of benzene rings is 1. The van der Waals surface area contributed by atoms with E-state index in [2.05, 4.69) is 19.2 Å². The summed E-state index contributed by atoms with van der Waals surface area (Å²) in [6.45, 7) is 11.5. The lowest BCUT2D eigenvalue weighted by Gasteiger charge is -2.20. The fourth-order valence-corrected chi connectivity index (χ4v) is 3.71. The van der Waals surface area contributed by atoms with Gasteiger partial charge in [-0.05, 0) is 69.7 Å². The number of fused-ring (bicyclic) bond motifs is 1. The number of carbonyl (C=O) groups is 2. The van der Waals surface area contributed by atoms with Gasteiger partial charge in [0, 0.05) is 9.58 Å². The van der Waals surface area contributed by atoms with E-state index >= 15 is 0 Å². The molecule has 0 spiro atoms. The fourth-order valence-electron chi connectivity index (χ4n) is 2.53. The lowest BCUT2D eigenvalue weighted by molar-refractivity contribution is -0.136. The minimum atomic E-state index is -0.698. The topological polar surface area (TPSA) is 64.6 Å². The average molecular weight is 375 g/mol. The molecular weight excluding hydrogens is 350 g/mol. The molecule has 0 unspecified atom stereocenters. The van der Waals surface area contributed by atoms with Crippen LogP contribution in [0.5, 0.6) is 0 Å². The number of hydrogen-bond donors (Lipinski definition) is 1. The van der Waals surface area contributed by atoms with Crippen LogP contribution in [-0.2, 0) is 14.3 Å². The van der Waals surface area contributed by atoms with Crippen molar-refractivity contribution in [1.29, 1.82) is 0 Å². The molecule has 2 rings (SSSR count). The van der Waals surface area contributed by atoms with Gasteiger partial charge in [-0.15, -0.1) is 11.3 Å². The maximum absolute atomic E-state index is 12.1. The number of methoxy groups -OCH3 is 1. The number of hydrogen-bond acceptors (Lipinski definition) is 5. The number of amides is 1. The Hall–Kier alpha value is -2.34.